The van der Waals surface area contributed by atoms with Crippen LogP contribution < -0.4 is 5.32 Å². The van der Waals surface area contributed by atoms with Gasteiger partial charge in [-0.25, -0.2) is 4.39 Å². The average Bonchev–Trinajstić information content (AvgIpc) is 2.80. The fraction of sp³-hybridized carbons (Fsp3) is 0.583. The molecular weight excluding hydrogens is 207 g/mol. The summed E-state index contributed by atoms with van der Waals surface area (Å²) in [7, 11) is 1.85. The number of halogens is 1. The Hall–Kier alpha value is -1.00. The minimum atomic E-state index is -0.250. The molecule has 0 spiro atoms. The number of hydrogen-bond donors (Lipinski definition) is 1. The first-order valence-electron chi connectivity index (χ1n) is 5.69. The number of ether oxygens (including phenoxy) is 1. The molecule has 0 aromatic carbocycles. The number of nitrogens with one attached hydrogen (secondary N) is 1. The van der Waals surface area contributed by atoms with Gasteiger partial charge in [0.1, 0.15) is 5.82 Å². The second-order valence-electron chi connectivity index (χ2n) is 4.11. The zero-order valence-electron chi connectivity index (χ0n) is 9.45. The van der Waals surface area contributed by atoms with Crippen LogP contribution in [0.1, 0.15) is 30.9 Å². The van der Waals surface area contributed by atoms with Crippen LogP contribution in [-0.4, -0.2) is 24.7 Å². The molecule has 16 heavy (non-hydrogen) atoms. The maximum Gasteiger partial charge on any atom is 0.146 e. The van der Waals surface area contributed by atoms with E-state index in [1.54, 1.807) is 12.3 Å². The molecule has 88 valence electrons. The molecule has 0 radical (unpaired) electrons. The topological polar surface area (TPSA) is 34.1 Å². The van der Waals surface area contributed by atoms with Crippen molar-refractivity contribution < 1.29 is 9.13 Å². The molecule has 1 fully saturated rings. The Labute approximate surface area is 95.0 Å². The van der Waals surface area contributed by atoms with Gasteiger partial charge in [-0.05, 0) is 32.4 Å². The largest absolute Gasteiger partial charge is 0.378 e. The number of rotatable bonds is 4. The van der Waals surface area contributed by atoms with Crippen molar-refractivity contribution in [2.45, 2.75) is 31.4 Å². The molecule has 2 rings (SSSR count). The van der Waals surface area contributed by atoms with Crippen LogP contribution in [-0.2, 0) is 4.74 Å². The van der Waals surface area contributed by atoms with Crippen LogP contribution in [0.15, 0.2) is 18.5 Å². The zero-order valence-corrected chi connectivity index (χ0v) is 9.45. The van der Waals surface area contributed by atoms with E-state index in [4.69, 9.17) is 4.74 Å². The lowest BCUT2D eigenvalue weighted by Crippen LogP contribution is -2.23. The third kappa shape index (κ3) is 2.57. The SMILES string of the molecule is CNC(CC1CCCO1)c1ccncc1F. The van der Waals surface area contributed by atoms with Gasteiger partial charge in [0.25, 0.3) is 0 Å². The van der Waals surface area contributed by atoms with Crippen molar-refractivity contribution >= 4 is 0 Å². The fourth-order valence-corrected chi connectivity index (χ4v) is 2.16. The standard InChI is InChI=1S/C12H17FN2O/c1-14-12(7-9-3-2-6-16-9)10-4-5-15-8-11(10)13/h4-5,8-9,12,14H,2-3,6-7H2,1H3. The van der Waals surface area contributed by atoms with E-state index in [0.29, 0.717) is 5.56 Å². The predicted octanol–water partition coefficient (Wildman–Crippen LogP) is 2.05. The van der Waals surface area contributed by atoms with E-state index in [9.17, 15) is 4.39 Å². The number of hydrogen-bond acceptors (Lipinski definition) is 3. The van der Waals surface area contributed by atoms with E-state index >= 15 is 0 Å². The molecule has 1 aromatic rings. The quantitative estimate of drug-likeness (QED) is 0.850. The van der Waals surface area contributed by atoms with Crippen molar-refractivity contribution in [2.24, 2.45) is 0 Å². The zero-order chi connectivity index (χ0) is 11.4. The molecule has 1 saturated heterocycles. The van der Waals surface area contributed by atoms with Crippen LogP contribution in [0.25, 0.3) is 0 Å². The van der Waals surface area contributed by atoms with Gasteiger partial charge in [0.15, 0.2) is 0 Å². The molecule has 0 amide bonds. The lowest BCUT2D eigenvalue weighted by molar-refractivity contribution is 0.0950. The van der Waals surface area contributed by atoms with Gasteiger partial charge in [-0.2, -0.15) is 0 Å². The molecule has 0 bridgehead atoms. The minimum Gasteiger partial charge on any atom is -0.378 e. The van der Waals surface area contributed by atoms with Crippen LogP contribution in [0.2, 0.25) is 0 Å². The summed E-state index contributed by atoms with van der Waals surface area (Å²) in [5.41, 5.74) is 0.674. The second-order valence-corrected chi connectivity index (χ2v) is 4.11. The van der Waals surface area contributed by atoms with E-state index in [2.05, 4.69) is 10.3 Å². The van der Waals surface area contributed by atoms with Gasteiger partial charge in [0, 0.05) is 24.4 Å². The summed E-state index contributed by atoms with van der Waals surface area (Å²) >= 11 is 0. The molecule has 0 aliphatic carbocycles. The minimum absolute atomic E-state index is 0.00565. The van der Waals surface area contributed by atoms with Crippen LogP contribution in [0.5, 0.6) is 0 Å². The van der Waals surface area contributed by atoms with E-state index in [-0.39, 0.29) is 18.0 Å². The highest BCUT2D eigenvalue weighted by Crippen LogP contribution is 2.25. The average molecular weight is 224 g/mol. The van der Waals surface area contributed by atoms with Crippen LogP contribution >= 0.6 is 0 Å². The molecule has 3 nitrogen and oxygen atoms in total. The van der Waals surface area contributed by atoms with Gasteiger partial charge in [-0.15, -0.1) is 0 Å². The van der Waals surface area contributed by atoms with Crippen LogP contribution in [0, 0.1) is 5.82 Å². The Morgan fingerprint density at radius 2 is 2.56 bits per heavy atom. The Kier molecular flexibility index (Phi) is 3.85. The van der Waals surface area contributed by atoms with Crippen molar-refractivity contribution in [1.82, 2.24) is 10.3 Å². The smallest absolute Gasteiger partial charge is 0.146 e. The first-order valence-corrected chi connectivity index (χ1v) is 5.69. The van der Waals surface area contributed by atoms with Crippen molar-refractivity contribution in [3.05, 3.63) is 29.8 Å². The highest BCUT2D eigenvalue weighted by molar-refractivity contribution is 5.17. The molecule has 0 saturated carbocycles. The molecule has 2 atom stereocenters. The van der Waals surface area contributed by atoms with Gasteiger partial charge >= 0.3 is 0 Å². The summed E-state index contributed by atoms with van der Waals surface area (Å²) in [6.07, 6.45) is 6.14. The molecule has 1 N–H and O–H groups in total. The highest BCUT2D eigenvalue weighted by Gasteiger charge is 2.22. The summed E-state index contributed by atoms with van der Waals surface area (Å²) < 4.78 is 19.1. The third-order valence-electron chi connectivity index (χ3n) is 3.05. The lowest BCUT2D eigenvalue weighted by Gasteiger charge is -2.20. The van der Waals surface area contributed by atoms with Gasteiger partial charge < -0.3 is 10.1 Å². The molecule has 1 aliphatic heterocycles. The Morgan fingerprint density at radius 3 is 3.19 bits per heavy atom. The molecule has 2 unspecified atom stereocenters. The third-order valence-corrected chi connectivity index (χ3v) is 3.05. The van der Waals surface area contributed by atoms with Gasteiger partial charge in [0.2, 0.25) is 0 Å². The molecule has 1 aromatic heterocycles. The number of nitrogens with zero attached hydrogens (tertiary/aromatic N) is 1. The molecule has 2 heterocycles. The maximum absolute atomic E-state index is 13.6. The first-order chi connectivity index (χ1) is 7.81. The molecule has 4 heteroatoms. The van der Waals surface area contributed by atoms with Crippen LogP contribution in [0.3, 0.4) is 0 Å². The summed E-state index contributed by atoms with van der Waals surface area (Å²) in [5.74, 6) is -0.250. The van der Waals surface area contributed by atoms with E-state index in [1.807, 2.05) is 7.05 Å². The Balaban J connectivity index is 2.06. The molecule has 1 aliphatic rings. The molecular formula is C12H17FN2O. The summed E-state index contributed by atoms with van der Waals surface area (Å²) in [4.78, 5) is 3.76. The highest BCUT2D eigenvalue weighted by atomic mass is 19.1. The van der Waals surface area contributed by atoms with E-state index in [0.717, 1.165) is 25.9 Å². The lowest BCUT2D eigenvalue weighted by atomic mass is 10.00. The van der Waals surface area contributed by atoms with Gasteiger partial charge in [0.05, 0.1) is 12.3 Å². The van der Waals surface area contributed by atoms with E-state index in [1.165, 1.54) is 6.20 Å². The normalized spacial score (nSPS) is 22.2. The van der Waals surface area contributed by atoms with Gasteiger partial charge in [-0.1, -0.05) is 0 Å². The number of aromatic nitrogens is 1. The Bertz CT molecular complexity index is 340. The van der Waals surface area contributed by atoms with E-state index < -0.39 is 0 Å². The van der Waals surface area contributed by atoms with Crippen molar-refractivity contribution in [1.29, 1.82) is 0 Å². The number of pyridine rings is 1. The van der Waals surface area contributed by atoms with Crippen LogP contribution in [0.4, 0.5) is 4.39 Å². The predicted molar refractivity (Wildman–Crippen MR) is 59.6 cm³/mol. The first kappa shape index (κ1) is 11.5. The maximum atomic E-state index is 13.6. The second kappa shape index (κ2) is 5.37. The fourth-order valence-electron chi connectivity index (χ4n) is 2.16. The summed E-state index contributed by atoms with van der Waals surface area (Å²) in [5, 5.41) is 3.14. The summed E-state index contributed by atoms with van der Waals surface area (Å²) in [6.45, 7) is 0.833. The summed E-state index contributed by atoms with van der Waals surface area (Å²) in [6, 6.07) is 1.73. The Morgan fingerprint density at radius 1 is 1.69 bits per heavy atom. The van der Waals surface area contributed by atoms with Crippen molar-refractivity contribution in [3.8, 4) is 0 Å². The van der Waals surface area contributed by atoms with Crippen molar-refractivity contribution in [2.75, 3.05) is 13.7 Å². The monoisotopic (exact) mass is 224 g/mol. The van der Waals surface area contributed by atoms with Gasteiger partial charge in [-0.3, -0.25) is 4.98 Å². The van der Waals surface area contributed by atoms with Crippen molar-refractivity contribution in [3.63, 3.8) is 0 Å².